The summed E-state index contributed by atoms with van der Waals surface area (Å²) in [6.45, 7) is 13.3. The molecule has 3 amide bonds. The van der Waals surface area contributed by atoms with Crippen molar-refractivity contribution in [2.45, 2.75) is 116 Å². The fraction of sp³-hybridized carbons (Fsp3) is 0.280. The van der Waals surface area contributed by atoms with Crippen LogP contribution in [0.5, 0.6) is 0 Å². The van der Waals surface area contributed by atoms with E-state index in [1.165, 1.54) is 33.3 Å². The van der Waals surface area contributed by atoms with Crippen molar-refractivity contribution >= 4 is 61.4 Å². The van der Waals surface area contributed by atoms with Crippen LogP contribution in [0.4, 0.5) is 13.2 Å². The topological polar surface area (TPSA) is 281 Å². The number of aromatic nitrogens is 6. The first-order valence-electron chi connectivity index (χ1n) is 32.8. The van der Waals surface area contributed by atoms with Crippen molar-refractivity contribution in [1.82, 2.24) is 43.4 Å². The number of likely N-dealkylation sites (N-methyl/N-ethyl adjacent to an activating group) is 3. The van der Waals surface area contributed by atoms with Crippen LogP contribution in [0.1, 0.15) is 145 Å². The highest BCUT2D eigenvalue weighted by Gasteiger charge is 2.53. The highest BCUT2D eigenvalue weighted by Crippen LogP contribution is 2.45. The van der Waals surface area contributed by atoms with Gasteiger partial charge in [-0.05, 0) is 125 Å². The third kappa shape index (κ3) is 13.2. The van der Waals surface area contributed by atoms with E-state index in [9.17, 15) is 41.9 Å². The quantitative estimate of drug-likeness (QED) is 0.0344. The number of guanidine groups is 3. The molecule has 0 spiro atoms. The molecule has 3 aromatic carbocycles. The molecule has 6 N–H and O–H groups in total. The van der Waals surface area contributed by atoms with Crippen molar-refractivity contribution < 1.29 is 41.9 Å². The summed E-state index contributed by atoms with van der Waals surface area (Å²) in [6.07, 6.45) is 13.0. The molecule has 21 nitrogen and oxygen atoms in total. The highest BCUT2D eigenvalue weighted by atomic mass is 19.1. The van der Waals surface area contributed by atoms with E-state index in [2.05, 4.69) is 29.9 Å². The molecule has 12 rings (SSSR count). The fourth-order valence-corrected chi connectivity index (χ4v) is 12.7. The van der Waals surface area contributed by atoms with Gasteiger partial charge < -0.3 is 30.9 Å². The van der Waals surface area contributed by atoms with Crippen molar-refractivity contribution in [2.24, 2.45) is 32.2 Å². The number of carbonyl (C=O) groups excluding carboxylic acids is 6. The molecule has 0 bridgehead atoms. The Hall–Kier alpha value is -11.4. The summed E-state index contributed by atoms with van der Waals surface area (Å²) in [5.41, 5.74) is 21.3. The van der Waals surface area contributed by atoms with Gasteiger partial charge in [-0.25, -0.2) is 29.9 Å². The third-order valence-electron chi connectivity index (χ3n) is 17.9. The second kappa shape index (κ2) is 30.2. The van der Waals surface area contributed by atoms with Crippen LogP contribution in [-0.2, 0) is 50.6 Å². The van der Waals surface area contributed by atoms with Crippen LogP contribution in [0.3, 0.4) is 0 Å². The van der Waals surface area contributed by atoms with Gasteiger partial charge in [0.05, 0.1) is 17.1 Å². The number of hydrogen-bond acceptors (Lipinski definition) is 15. The van der Waals surface area contributed by atoms with Gasteiger partial charge >= 0.3 is 0 Å². The maximum absolute atomic E-state index is 14.4. The number of aryl methyl sites for hydroxylation is 3. The van der Waals surface area contributed by atoms with Crippen molar-refractivity contribution in [3.05, 3.63) is 233 Å². The van der Waals surface area contributed by atoms with E-state index in [1.54, 1.807) is 188 Å². The van der Waals surface area contributed by atoms with Crippen LogP contribution in [0, 0.1) is 17.8 Å². The SMILES string of the molecule is CCCn1cc(C2(c3cccc(-c4cccnc4F)c3)N=C(N)N(C)C2=O)cc1C(=O)CC.CCCn1cc([C@@]2(c3cccc(-c4cccnc4F)c3)N=C(N)N(C)C2=O)cc1C(=O)CC.CCCn1cc([C@]2(c3cccc(-c4cccnc4F)c3)N=C(N)N(C)C2=O)cc1C(=O)CC.[B]. The summed E-state index contributed by atoms with van der Waals surface area (Å²) in [6, 6.07) is 36.0. The molecule has 3 aliphatic rings. The zero-order valence-corrected chi connectivity index (χ0v) is 57.2. The Morgan fingerprint density at radius 3 is 0.860 bits per heavy atom. The lowest BCUT2D eigenvalue weighted by molar-refractivity contribution is -0.130. The van der Waals surface area contributed by atoms with Crippen molar-refractivity contribution in [3.8, 4) is 33.4 Å². The first-order chi connectivity index (χ1) is 47.5. The molecule has 0 aliphatic carbocycles. The van der Waals surface area contributed by atoms with Gasteiger partial charge in [-0.2, -0.15) is 13.2 Å². The molecule has 3 radical (unpaired) electrons. The van der Waals surface area contributed by atoms with Gasteiger partial charge in [0, 0.05) is 139 Å². The summed E-state index contributed by atoms with van der Waals surface area (Å²) < 4.78 is 48.8. The van der Waals surface area contributed by atoms with Gasteiger partial charge in [0.2, 0.25) is 17.8 Å². The number of halogens is 3. The number of pyridine rings is 3. The van der Waals surface area contributed by atoms with E-state index < -0.39 is 34.5 Å². The Labute approximate surface area is 580 Å². The Kier molecular flexibility index (Phi) is 22.0. The summed E-state index contributed by atoms with van der Waals surface area (Å²) in [5.74, 6) is -2.68. The van der Waals surface area contributed by atoms with Crippen molar-refractivity contribution in [1.29, 1.82) is 0 Å². The first kappa shape index (κ1) is 72.9. The number of amides is 3. The molecule has 513 valence electrons. The first-order valence-corrected chi connectivity index (χ1v) is 32.8. The predicted molar refractivity (Wildman–Crippen MR) is 378 cm³/mol. The average Bonchev–Trinajstić information content (AvgIpc) is 1.59. The molecular formula is C75H78BF3N15O6. The number of carbonyl (C=O) groups is 6. The highest BCUT2D eigenvalue weighted by molar-refractivity contribution is 6.11. The molecular weight excluding hydrogens is 1270 g/mol. The fourth-order valence-electron chi connectivity index (χ4n) is 12.7. The minimum atomic E-state index is -1.48. The average molecular weight is 1350 g/mol. The molecule has 3 atom stereocenters. The zero-order valence-electron chi connectivity index (χ0n) is 57.2. The summed E-state index contributed by atoms with van der Waals surface area (Å²) in [4.78, 5) is 108. The van der Waals surface area contributed by atoms with Crippen molar-refractivity contribution in [2.75, 3.05) is 21.1 Å². The second-order valence-corrected chi connectivity index (χ2v) is 24.2. The Morgan fingerprint density at radius 1 is 0.390 bits per heavy atom. The molecule has 0 saturated heterocycles. The molecule has 0 saturated carbocycles. The largest absolute Gasteiger partial charge is 0.369 e. The Bertz CT molecular complexity index is 4270. The van der Waals surface area contributed by atoms with Gasteiger partial charge in [-0.15, -0.1) is 0 Å². The smallest absolute Gasteiger partial charge is 0.266 e. The molecule has 9 heterocycles. The number of Topliss-reactive ketones (excluding diaryl/α,β-unsaturated/α-hetero) is 3. The molecule has 100 heavy (non-hydrogen) atoms. The maximum Gasteiger partial charge on any atom is 0.266 e. The number of aliphatic imine (C=N–C) groups is 3. The van der Waals surface area contributed by atoms with E-state index in [-0.39, 0.29) is 61.4 Å². The summed E-state index contributed by atoms with van der Waals surface area (Å²) in [5, 5.41) is 0. The number of benzene rings is 3. The van der Waals surface area contributed by atoms with E-state index in [4.69, 9.17) is 17.2 Å². The lowest BCUT2D eigenvalue weighted by atomic mass is 9.83. The van der Waals surface area contributed by atoms with E-state index in [0.29, 0.717) is 123 Å². The van der Waals surface area contributed by atoms with Gasteiger partial charge in [-0.1, -0.05) is 96.1 Å². The predicted octanol–water partition coefficient (Wildman–Crippen LogP) is 10.8. The van der Waals surface area contributed by atoms with Gasteiger partial charge in [0.25, 0.3) is 17.7 Å². The maximum atomic E-state index is 14.4. The standard InChI is InChI=1S/3C25H26FN5O2.B/c3*1-4-12-31-15-18(14-20(31)21(32)5-2)25(23(33)30(3)24(27)29-25)17-9-6-8-16(13-17)19-10-7-11-28-22(19)26;/h3*6-11,13-15H,4-5,12H2,1-3H3,(H2,27,29);/t2*25-;;/m10../s1. The molecule has 6 aromatic heterocycles. The molecule has 3 aliphatic heterocycles. The summed E-state index contributed by atoms with van der Waals surface area (Å²) in [7, 11) is 4.69. The number of nitrogens with two attached hydrogens (primary N) is 3. The van der Waals surface area contributed by atoms with Crippen molar-refractivity contribution in [3.63, 3.8) is 0 Å². The van der Waals surface area contributed by atoms with Crippen LogP contribution in [0.2, 0.25) is 0 Å². The molecule has 1 unspecified atom stereocenters. The lowest BCUT2D eigenvalue weighted by Crippen LogP contribution is -2.41. The van der Waals surface area contributed by atoms with Gasteiger partial charge in [-0.3, -0.25) is 43.5 Å². The number of ketones is 3. The zero-order chi connectivity index (χ0) is 71.3. The lowest BCUT2D eigenvalue weighted by Gasteiger charge is -2.25. The summed E-state index contributed by atoms with van der Waals surface area (Å²) >= 11 is 0. The van der Waals surface area contributed by atoms with Crippen LogP contribution >= 0.6 is 0 Å². The van der Waals surface area contributed by atoms with Crippen LogP contribution in [0.25, 0.3) is 33.4 Å². The molecule has 0 fully saturated rings. The minimum Gasteiger partial charge on any atom is -0.369 e. The number of hydrogen-bond donors (Lipinski definition) is 3. The monoisotopic (exact) mass is 1350 g/mol. The third-order valence-corrected chi connectivity index (χ3v) is 17.9. The van der Waals surface area contributed by atoms with E-state index >= 15 is 0 Å². The van der Waals surface area contributed by atoms with E-state index in [0.717, 1.165) is 19.3 Å². The minimum absolute atomic E-state index is 0. The Morgan fingerprint density at radius 2 is 0.650 bits per heavy atom. The van der Waals surface area contributed by atoms with E-state index in [1.807, 2.05) is 34.5 Å². The normalized spacial score (nSPS) is 17.8. The molecule has 25 heteroatoms. The van der Waals surface area contributed by atoms with Crippen LogP contribution in [-0.4, -0.2) is 126 Å². The van der Waals surface area contributed by atoms with Gasteiger partial charge in [0.1, 0.15) is 0 Å². The number of nitrogens with zero attached hydrogens (tertiary/aromatic N) is 12. The Balaban J connectivity index is 0.000000174. The second-order valence-electron chi connectivity index (χ2n) is 24.2. The van der Waals surface area contributed by atoms with Gasteiger partial charge in [0.15, 0.2) is 51.8 Å². The molecule has 9 aromatic rings. The van der Waals surface area contributed by atoms with Crippen LogP contribution < -0.4 is 17.2 Å². The number of rotatable bonds is 21. The van der Waals surface area contributed by atoms with Crippen LogP contribution in [0.15, 0.2) is 180 Å².